The zero-order valence-corrected chi connectivity index (χ0v) is 18.8. The maximum atomic E-state index is 12.6. The minimum Gasteiger partial charge on any atom is -0.368 e. The molecule has 3 rings (SSSR count). The number of benzene rings is 2. The Morgan fingerprint density at radius 2 is 1.83 bits per heavy atom. The zero-order valence-electron chi connectivity index (χ0n) is 18.0. The van der Waals surface area contributed by atoms with E-state index in [2.05, 4.69) is 55.3 Å². The lowest BCUT2D eigenvalue weighted by atomic mass is 9.87. The van der Waals surface area contributed by atoms with Crippen molar-refractivity contribution in [1.29, 1.82) is 0 Å². The number of amides is 2. The molecule has 0 bridgehead atoms. The third-order valence-electron chi connectivity index (χ3n) is 5.45. The molecule has 0 aromatic heterocycles. The van der Waals surface area contributed by atoms with Crippen LogP contribution in [0.15, 0.2) is 53.4 Å². The predicted molar refractivity (Wildman–Crippen MR) is 124 cm³/mol. The number of thioether (sulfide) groups is 1. The Labute approximate surface area is 183 Å². The van der Waals surface area contributed by atoms with Crippen LogP contribution in [0.25, 0.3) is 0 Å². The number of hydrogen-bond donors (Lipinski definition) is 2. The van der Waals surface area contributed by atoms with Gasteiger partial charge in [-0.3, -0.25) is 14.5 Å². The number of nitrogens with zero attached hydrogens (tertiary/aromatic N) is 1. The molecule has 1 fully saturated rings. The molecule has 5 nitrogen and oxygen atoms in total. The van der Waals surface area contributed by atoms with Gasteiger partial charge in [0, 0.05) is 17.1 Å². The molecule has 1 unspecified atom stereocenters. The number of carbonyl (C=O) groups is 2. The van der Waals surface area contributed by atoms with Crippen LogP contribution in [0.4, 0.5) is 5.69 Å². The monoisotopic (exact) mass is 425 g/mol. The summed E-state index contributed by atoms with van der Waals surface area (Å²) in [5, 5.41) is 3.03. The predicted octanol–water partition coefficient (Wildman–Crippen LogP) is 4.16. The summed E-state index contributed by atoms with van der Waals surface area (Å²) < 4.78 is 0. The SMILES string of the molecule is CC(C)(C)c1ccc(SCC(=O)Nc2ccccc2CN2CCCC2C(N)=O)cc1. The average molecular weight is 426 g/mol. The minimum absolute atomic E-state index is 0.0415. The van der Waals surface area contributed by atoms with Crippen LogP contribution in [-0.2, 0) is 21.5 Å². The van der Waals surface area contributed by atoms with Crippen LogP contribution in [0, 0.1) is 0 Å². The molecule has 6 heteroatoms. The van der Waals surface area contributed by atoms with E-state index in [-0.39, 0.29) is 23.3 Å². The summed E-state index contributed by atoms with van der Waals surface area (Å²) in [5.41, 5.74) is 8.72. The van der Waals surface area contributed by atoms with E-state index in [4.69, 9.17) is 5.73 Å². The fraction of sp³-hybridized carbons (Fsp3) is 0.417. The normalized spacial score (nSPS) is 17.1. The van der Waals surface area contributed by atoms with Crippen molar-refractivity contribution < 1.29 is 9.59 Å². The second-order valence-corrected chi connectivity index (χ2v) is 9.85. The lowest BCUT2D eigenvalue weighted by molar-refractivity contribution is -0.122. The van der Waals surface area contributed by atoms with Gasteiger partial charge < -0.3 is 11.1 Å². The van der Waals surface area contributed by atoms with Crippen molar-refractivity contribution >= 4 is 29.3 Å². The van der Waals surface area contributed by atoms with Gasteiger partial charge in [0.05, 0.1) is 11.8 Å². The lowest BCUT2D eigenvalue weighted by Crippen LogP contribution is -2.39. The smallest absolute Gasteiger partial charge is 0.234 e. The first-order valence-electron chi connectivity index (χ1n) is 10.4. The van der Waals surface area contributed by atoms with E-state index in [1.165, 1.54) is 17.3 Å². The Balaban J connectivity index is 1.58. The lowest BCUT2D eigenvalue weighted by Gasteiger charge is -2.23. The van der Waals surface area contributed by atoms with E-state index in [0.29, 0.717) is 12.3 Å². The van der Waals surface area contributed by atoms with Crippen LogP contribution in [0.2, 0.25) is 0 Å². The fourth-order valence-corrected chi connectivity index (χ4v) is 4.42. The van der Waals surface area contributed by atoms with Crippen LogP contribution < -0.4 is 11.1 Å². The Kier molecular flexibility index (Phi) is 7.21. The highest BCUT2D eigenvalue weighted by Gasteiger charge is 2.29. The molecule has 1 aliphatic rings. The minimum atomic E-state index is -0.275. The fourth-order valence-electron chi connectivity index (χ4n) is 3.72. The molecule has 0 spiro atoms. The first kappa shape index (κ1) is 22.4. The second kappa shape index (κ2) is 9.67. The highest BCUT2D eigenvalue weighted by Crippen LogP contribution is 2.27. The van der Waals surface area contributed by atoms with Crippen molar-refractivity contribution in [2.45, 2.75) is 56.5 Å². The molecule has 1 saturated heterocycles. The number of rotatable bonds is 7. The molecule has 1 heterocycles. The number of nitrogens with one attached hydrogen (secondary N) is 1. The molecule has 3 N–H and O–H groups in total. The summed E-state index contributed by atoms with van der Waals surface area (Å²) in [4.78, 5) is 27.4. The number of nitrogens with two attached hydrogens (primary N) is 1. The molecular weight excluding hydrogens is 394 g/mol. The number of likely N-dealkylation sites (tertiary alicyclic amines) is 1. The Morgan fingerprint density at radius 1 is 1.13 bits per heavy atom. The van der Waals surface area contributed by atoms with Gasteiger partial charge in [-0.25, -0.2) is 0 Å². The van der Waals surface area contributed by atoms with Crippen LogP contribution in [0.5, 0.6) is 0 Å². The highest BCUT2D eigenvalue weighted by atomic mass is 32.2. The summed E-state index contributed by atoms with van der Waals surface area (Å²) in [5.74, 6) is 0.0275. The summed E-state index contributed by atoms with van der Waals surface area (Å²) >= 11 is 1.53. The maximum Gasteiger partial charge on any atom is 0.234 e. The molecule has 2 aromatic rings. The Morgan fingerprint density at radius 3 is 2.50 bits per heavy atom. The standard InChI is InChI=1S/C24H31N3O2S/c1-24(2,3)18-10-12-19(13-11-18)30-16-22(28)26-20-8-5-4-7-17(20)15-27-14-6-9-21(27)23(25)29/h4-5,7-8,10-13,21H,6,9,14-16H2,1-3H3,(H2,25,29)(H,26,28). The molecule has 2 aromatic carbocycles. The Bertz CT molecular complexity index is 890. The summed E-state index contributed by atoms with van der Waals surface area (Å²) in [7, 11) is 0. The number of primary amides is 1. The van der Waals surface area contributed by atoms with Crippen molar-refractivity contribution in [2.24, 2.45) is 5.73 Å². The quantitative estimate of drug-likeness (QED) is 0.653. The molecule has 0 radical (unpaired) electrons. The zero-order chi connectivity index (χ0) is 21.7. The Hall–Kier alpha value is -2.31. The first-order valence-corrected chi connectivity index (χ1v) is 11.4. The second-order valence-electron chi connectivity index (χ2n) is 8.80. The summed E-state index contributed by atoms with van der Waals surface area (Å²) in [6, 6.07) is 15.9. The van der Waals surface area contributed by atoms with E-state index in [9.17, 15) is 9.59 Å². The molecule has 30 heavy (non-hydrogen) atoms. The van der Waals surface area contributed by atoms with Crippen molar-refractivity contribution in [3.63, 3.8) is 0 Å². The van der Waals surface area contributed by atoms with Crippen molar-refractivity contribution in [3.8, 4) is 0 Å². The van der Waals surface area contributed by atoms with E-state index in [0.717, 1.165) is 35.5 Å². The molecule has 1 atom stereocenters. The van der Waals surface area contributed by atoms with Gasteiger partial charge in [0.1, 0.15) is 0 Å². The summed E-state index contributed by atoms with van der Waals surface area (Å²) in [6.45, 7) is 8.01. The van der Waals surface area contributed by atoms with Gasteiger partial charge in [-0.1, -0.05) is 51.1 Å². The van der Waals surface area contributed by atoms with Crippen LogP contribution >= 0.6 is 11.8 Å². The topological polar surface area (TPSA) is 75.4 Å². The molecule has 2 amide bonds. The van der Waals surface area contributed by atoms with Crippen molar-refractivity contribution in [1.82, 2.24) is 4.90 Å². The number of para-hydroxylation sites is 1. The van der Waals surface area contributed by atoms with Gasteiger partial charge in [0.2, 0.25) is 11.8 Å². The van der Waals surface area contributed by atoms with Gasteiger partial charge in [0.25, 0.3) is 0 Å². The molecule has 160 valence electrons. The van der Waals surface area contributed by atoms with Gasteiger partial charge >= 0.3 is 0 Å². The molecule has 1 aliphatic heterocycles. The highest BCUT2D eigenvalue weighted by molar-refractivity contribution is 8.00. The first-order chi connectivity index (χ1) is 14.2. The average Bonchev–Trinajstić information content (AvgIpc) is 3.16. The molecular formula is C24H31N3O2S. The van der Waals surface area contributed by atoms with Crippen molar-refractivity contribution in [2.75, 3.05) is 17.6 Å². The van der Waals surface area contributed by atoms with Crippen LogP contribution in [-0.4, -0.2) is 35.1 Å². The van der Waals surface area contributed by atoms with E-state index in [1.807, 2.05) is 24.3 Å². The molecule has 0 aliphatic carbocycles. The number of carbonyl (C=O) groups excluding carboxylic acids is 2. The van der Waals surface area contributed by atoms with Crippen LogP contribution in [0.1, 0.15) is 44.7 Å². The van der Waals surface area contributed by atoms with Gasteiger partial charge in [-0.2, -0.15) is 0 Å². The van der Waals surface area contributed by atoms with E-state index in [1.54, 1.807) is 0 Å². The van der Waals surface area contributed by atoms with Gasteiger partial charge in [-0.15, -0.1) is 11.8 Å². The summed E-state index contributed by atoms with van der Waals surface area (Å²) in [6.07, 6.45) is 1.77. The van der Waals surface area contributed by atoms with Gasteiger partial charge in [0.15, 0.2) is 0 Å². The third kappa shape index (κ3) is 5.86. The molecule has 0 saturated carbocycles. The van der Waals surface area contributed by atoms with E-state index >= 15 is 0 Å². The largest absolute Gasteiger partial charge is 0.368 e. The number of hydrogen-bond acceptors (Lipinski definition) is 4. The van der Waals surface area contributed by atoms with E-state index < -0.39 is 0 Å². The van der Waals surface area contributed by atoms with Crippen molar-refractivity contribution in [3.05, 3.63) is 59.7 Å². The third-order valence-corrected chi connectivity index (χ3v) is 6.46. The maximum absolute atomic E-state index is 12.6. The number of anilines is 1. The van der Waals surface area contributed by atoms with Crippen LogP contribution in [0.3, 0.4) is 0 Å². The van der Waals surface area contributed by atoms with Gasteiger partial charge in [-0.05, 0) is 54.1 Å².